The Morgan fingerprint density at radius 1 is 1.10 bits per heavy atom. The van der Waals surface area contributed by atoms with Crippen LogP contribution in [-0.4, -0.2) is 15.0 Å². The van der Waals surface area contributed by atoms with E-state index < -0.39 is 0 Å². The minimum Gasteiger partial charge on any atom is -0.443 e. The number of nitrogens with zero attached hydrogens (tertiary/aromatic N) is 3. The molecule has 0 saturated heterocycles. The second-order valence-electron chi connectivity index (χ2n) is 4.73. The van der Waals surface area contributed by atoms with Crippen molar-refractivity contribution in [1.82, 2.24) is 15.0 Å². The smallest absolute Gasteiger partial charge is 0.182 e. The number of thiazole rings is 1. The van der Waals surface area contributed by atoms with Crippen molar-refractivity contribution in [2.24, 2.45) is 0 Å². The topological polar surface area (TPSA) is 51.8 Å². The fraction of sp³-hybridized carbons (Fsp3) is 0.0625. The minimum absolute atomic E-state index is 0.739. The number of oxazole rings is 1. The summed E-state index contributed by atoms with van der Waals surface area (Å²) >= 11 is 1.61. The standard InChI is InChI=1S/C16H11N3OS/c1-10-3-2-4-13(19-10)15-16(20-8-17-15)11-5-6-12-14(7-11)21-9-18-12/h2-9H,1H3. The Morgan fingerprint density at radius 3 is 2.95 bits per heavy atom. The van der Waals surface area contributed by atoms with Crippen molar-refractivity contribution in [2.45, 2.75) is 6.92 Å². The van der Waals surface area contributed by atoms with Crippen LogP contribution in [0, 0.1) is 6.92 Å². The summed E-state index contributed by atoms with van der Waals surface area (Å²) < 4.78 is 6.74. The van der Waals surface area contributed by atoms with Crippen molar-refractivity contribution in [3.8, 4) is 22.7 Å². The predicted octanol–water partition coefficient (Wildman–Crippen LogP) is 4.32. The van der Waals surface area contributed by atoms with Crippen LogP contribution in [0.15, 0.2) is 52.7 Å². The maximum absolute atomic E-state index is 5.60. The zero-order valence-electron chi connectivity index (χ0n) is 11.3. The van der Waals surface area contributed by atoms with E-state index in [4.69, 9.17) is 4.42 Å². The molecule has 0 unspecified atom stereocenters. The molecule has 0 N–H and O–H groups in total. The molecule has 0 aliphatic carbocycles. The summed E-state index contributed by atoms with van der Waals surface area (Å²) in [7, 11) is 0. The molecule has 0 saturated carbocycles. The Labute approximate surface area is 125 Å². The Bertz CT molecular complexity index is 926. The summed E-state index contributed by atoms with van der Waals surface area (Å²) in [5.41, 5.74) is 6.38. The van der Waals surface area contributed by atoms with E-state index in [-0.39, 0.29) is 0 Å². The second-order valence-corrected chi connectivity index (χ2v) is 5.62. The van der Waals surface area contributed by atoms with Crippen molar-refractivity contribution in [2.75, 3.05) is 0 Å². The summed E-state index contributed by atoms with van der Waals surface area (Å²) in [5.74, 6) is 0.739. The van der Waals surface area contributed by atoms with Crippen molar-refractivity contribution in [3.63, 3.8) is 0 Å². The van der Waals surface area contributed by atoms with Gasteiger partial charge < -0.3 is 4.42 Å². The van der Waals surface area contributed by atoms with E-state index in [2.05, 4.69) is 21.0 Å². The molecule has 3 heterocycles. The molecule has 5 heteroatoms. The number of hydrogen-bond donors (Lipinski definition) is 0. The van der Waals surface area contributed by atoms with Gasteiger partial charge >= 0.3 is 0 Å². The molecule has 0 fully saturated rings. The molecular formula is C16H11N3OS. The highest BCUT2D eigenvalue weighted by atomic mass is 32.1. The van der Waals surface area contributed by atoms with Crippen molar-refractivity contribution >= 4 is 21.6 Å². The van der Waals surface area contributed by atoms with E-state index >= 15 is 0 Å². The van der Waals surface area contributed by atoms with Crippen LogP contribution in [0.1, 0.15) is 5.69 Å². The Morgan fingerprint density at radius 2 is 2.05 bits per heavy atom. The highest BCUT2D eigenvalue weighted by molar-refractivity contribution is 7.16. The molecule has 0 bridgehead atoms. The van der Waals surface area contributed by atoms with Gasteiger partial charge in [-0.3, -0.25) is 4.98 Å². The number of fused-ring (bicyclic) bond motifs is 1. The van der Waals surface area contributed by atoms with Crippen LogP contribution in [0.2, 0.25) is 0 Å². The van der Waals surface area contributed by atoms with Gasteiger partial charge in [-0.1, -0.05) is 6.07 Å². The molecular weight excluding hydrogens is 282 g/mol. The summed E-state index contributed by atoms with van der Waals surface area (Å²) in [4.78, 5) is 13.1. The first-order valence-electron chi connectivity index (χ1n) is 6.52. The molecule has 3 aromatic heterocycles. The zero-order chi connectivity index (χ0) is 14.2. The maximum atomic E-state index is 5.60. The highest BCUT2D eigenvalue weighted by Gasteiger charge is 2.14. The van der Waals surface area contributed by atoms with Crippen LogP contribution in [0.3, 0.4) is 0 Å². The number of rotatable bonds is 2. The summed E-state index contributed by atoms with van der Waals surface area (Å²) in [6.07, 6.45) is 1.46. The largest absolute Gasteiger partial charge is 0.443 e. The number of aryl methyl sites for hydroxylation is 1. The van der Waals surface area contributed by atoms with Crippen molar-refractivity contribution < 1.29 is 4.42 Å². The zero-order valence-corrected chi connectivity index (χ0v) is 12.1. The van der Waals surface area contributed by atoms with Crippen LogP contribution >= 0.6 is 11.3 Å². The summed E-state index contributed by atoms with van der Waals surface area (Å²) in [5, 5.41) is 0. The van der Waals surface area contributed by atoms with Crippen LogP contribution < -0.4 is 0 Å². The molecule has 0 amide bonds. The van der Waals surface area contributed by atoms with Gasteiger partial charge in [-0.05, 0) is 37.3 Å². The third-order valence-electron chi connectivity index (χ3n) is 3.29. The monoisotopic (exact) mass is 293 g/mol. The van der Waals surface area contributed by atoms with Gasteiger partial charge in [0, 0.05) is 11.3 Å². The number of hydrogen-bond acceptors (Lipinski definition) is 5. The molecule has 0 radical (unpaired) electrons. The summed E-state index contributed by atoms with van der Waals surface area (Å²) in [6.45, 7) is 1.96. The van der Waals surface area contributed by atoms with Gasteiger partial charge in [0.15, 0.2) is 12.2 Å². The Balaban J connectivity index is 1.88. The molecule has 4 rings (SSSR count). The minimum atomic E-state index is 0.739. The maximum Gasteiger partial charge on any atom is 0.182 e. The predicted molar refractivity (Wildman–Crippen MR) is 83.1 cm³/mol. The normalized spacial score (nSPS) is 11.1. The van der Waals surface area contributed by atoms with E-state index in [1.54, 1.807) is 11.3 Å². The van der Waals surface area contributed by atoms with Crippen LogP contribution in [-0.2, 0) is 0 Å². The van der Waals surface area contributed by atoms with Gasteiger partial charge in [-0.2, -0.15) is 0 Å². The van der Waals surface area contributed by atoms with Gasteiger partial charge in [0.2, 0.25) is 0 Å². The number of aromatic nitrogens is 3. The van der Waals surface area contributed by atoms with E-state index in [0.29, 0.717) is 0 Å². The lowest BCUT2D eigenvalue weighted by molar-refractivity contribution is 0.572. The first kappa shape index (κ1) is 12.2. The quantitative estimate of drug-likeness (QED) is 0.552. The van der Waals surface area contributed by atoms with Gasteiger partial charge in [-0.15, -0.1) is 11.3 Å². The fourth-order valence-electron chi connectivity index (χ4n) is 2.30. The highest BCUT2D eigenvalue weighted by Crippen LogP contribution is 2.32. The SMILES string of the molecule is Cc1cccc(-c2ncoc2-c2ccc3ncsc3c2)n1. The van der Waals surface area contributed by atoms with Crippen LogP contribution in [0.4, 0.5) is 0 Å². The van der Waals surface area contributed by atoms with Crippen LogP contribution in [0.5, 0.6) is 0 Å². The third kappa shape index (κ3) is 2.11. The Kier molecular flexibility index (Phi) is 2.79. The van der Waals surface area contributed by atoms with E-state index in [1.165, 1.54) is 6.39 Å². The molecule has 4 aromatic rings. The molecule has 0 atom stereocenters. The second kappa shape index (κ2) is 4.79. The molecule has 0 aliphatic heterocycles. The van der Waals surface area contributed by atoms with Crippen LogP contribution in [0.25, 0.3) is 32.9 Å². The average Bonchev–Trinajstić information content (AvgIpc) is 3.15. The van der Waals surface area contributed by atoms with E-state index in [1.807, 2.05) is 42.8 Å². The van der Waals surface area contributed by atoms with Gasteiger partial charge in [0.05, 0.1) is 21.4 Å². The lowest BCUT2D eigenvalue weighted by atomic mass is 10.1. The lowest BCUT2D eigenvalue weighted by Crippen LogP contribution is -1.88. The average molecular weight is 293 g/mol. The number of pyridine rings is 1. The molecule has 1 aromatic carbocycles. The van der Waals surface area contributed by atoms with Crippen molar-refractivity contribution in [3.05, 3.63) is 54.0 Å². The first-order chi connectivity index (χ1) is 10.3. The molecule has 0 aliphatic rings. The molecule has 102 valence electrons. The fourth-order valence-corrected chi connectivity index (χ4v) is 3.02. The van der Waals surface area contributed by atoms with Gasteiger partial charge in [-0.25, -0.2) is 9.97 Å². The third-order valence-corrected chi connectivity index (χ3v) is 4.08. The number of benzene rings is 1. The van der Waals surface area contributed by atoms with Crippen molar-refractivity contribution in [1.29, 1.82) is 0 Å². The molecule has 0 spiro atoms. The molecule has 21 heavy (non-hydrogen) atoms. The lowest BCUT2D eigenvalue weighted by Gasteiger charge is -2.02. The van der Waals surface area contributed by atoms with E-state index in [0.717, 1.165) is 38.6 Å². The van der Waals surface area contributed by atoms with Gasteiger partial charge in [0.1, 0.15) is 5.69 Å². The summed E-state index contributed by atoms with van der Waals surface area (Å²) in [6, 6.07) is 12.0. The Hall–Kier alpha value is -2.53. The van der Waals surface area contributed by atoms with Gasteiger partial charge in [0.25, 0.3) is 0 Å². The molecule has 4 nitrogen and oxygen atoms in total. The van der Waals surface area contributed by atoms with E-state index in [9.17, 15) is 0 Å². The first-order valence-corrected chi connectivity index (χ1v) is 7.40.